The molecule has 2 heterocycles. The van der Waals surface area contributed by atoms with Crippen molar-refractivity contribution in [2.24, 2.45) is 7.05 Å². The van der Waals surface area contributed by atoms with Gasteiger partial charge in [-0.2, -0.15) is 5.10 Å². The number of aryl methyl sites for hydroxylation is 3. The van der Waals surface area contributed by atoms with Gasteiger partial charge in [0, 0.05) is 26.8 Å². The molecule has 0 radical (unpaired) electrons. The molecule has 112 valence electrons. The van der Waals surface area contributed by atoms with Gasteiger partial charge in [0.05, 0.1) is 11.1 Å². The minimum absolute atomic E-state index is 0.113. The molecule has 2 aromatic heterocycles. The maximum absolute atomic E-state index is 6.26. The summed E-state index contributed by atoms with van der Waals surface area (Å²) in [6.07, 6.45) is 2.01. The van der Waals surface area contributed by atoms with Gasteiger partial charge in [0.1, 0.15) is 11.3 Å². The number of rotatable bonds is 7. The molecular formula is C14H23ClN4O. The Morgan fingerprint density at radius 1 is 1.35 bits per heavy atom. The van der Waals surface area contributed by atoms with E-state index in [9.17, 15) is 0 Å². The summed E-state index contributed by atoms with van der Waals surface area (Å²) in [7, 11) is 1.95. The van der Waals surface area contributed by atoms with Crippen LogP contribution in [0.3, 0.4) is 0 Å². The van der Waals surface area contributed by atoms with E-state index in [0.717, 1.165) is 55.3 Å². The Kier molecular flexibility index (Phi) is 5.05. The van der Waals surface area contributed by atoms with Crippen molar-refractivity contribution >= 4 is 22.8 Å². The fraction of sp³-hybridized carbons (Fsp3) is 0.714. The van der Waals surface area contributed by atoms with Crippen LogP contribution in [0.15, 0.2) is 0 Å². The van der Waals surface area contributed by atoms with Crippen LogP contribution in [0.25, 0.3) is 11.2 Å². The zero-order valence-electron chi connectivity index (χ0n) is 12.7. The van der Waals surface area contributed by atoms with Crippen LogP contribution < -0.4 is 0 Å². The zero-order valence-corrected chi connectivity index (χ0v) is 13.4. The van der Waals surface area contributed by atoms with E-state index in [1.54, 1.807) is 0 Å². The smallest absolute Gasteiger partial charge is 0.158 e. The summed E-state index contributed by atoms with van der Waals surface area (Å²) in [5, 5.41) is 4.32. The number of nitrogens with zero attached hydrogens (tertiary/aromatic N) is 4. The Morgan fingerprint density at radius 2 is 2.10 bits per heavy atom. The van der Waals surface area contributed by atoms with Crippen LogP contribution in [0.5, 0.6) is 0 Å². The number of hydrogen-bond donors (Lipinski definition) is 0. The second-order valence-electron chi connectivity index (χ2n) is 5.08. The van der Waals surface area contributed by atoms with Gasteiger partial charge < -0.3 is 9.30 Å². The Bertz CT molecular complexity index is 573. The summed E-state index contributed by atoms with van der Waals surface area (Å²) in [5.41, 5.74) is 2.94. The van der Waals surface area contributed by atoms with Crippen molar-refractivity contribution in [3.05, 3.63) is 11.5 Å². The molecule has 0 aliphatic carbocycles. The summed E-state index contributed by atoms with van der Waals surface area (Å²) in [6.45, 7) is 8.49. The normalized spacial score (nSPS) is 13.2. The van der Waals surface area contributed by atoms with Crippen molar-refractivity contribution in [1.29, 1.82) is 0 Å². The fourth-order valence-corrected chi connectivity index (χ4v) is 2.61. The van der Waals surface area contributed by atoms with Crippen molar-refractivity contribution in [1.82, 2.24) is 19.3 Å². The first kappa shape index (κ1) is 15.3. The maximum atomic E-state index is 6.26. The van der Waals surface area contributed by atoms with Gasteiger partial charge in [-0.15, -0.1) is 11.6 Å². The first-order chi connectivity index (χ1) is 9.56. The average molecular weight is 299 g/mol. The summed E-state index contributed by atoms with van der Waals surface area (Å²) in [5.74, 6) is 0.910. The van der Waals surface area contributed by atoms with Crippen LogP contribution in [0.1, 0.15) is 43.6 Å². The Labute approximate surface area is 124 Å². The molecule has 0 aliphatic rings. The lowest BCUT2D eigenvalue weighted by molar-refractivity contribution is 0.129. The van der Waals surface area contributed by atoms with Crippen LogP contribution in [0, 0.1) is 6.92 Å². The third kappa shape index (κ3) is 2.99. The van der Waals surface area contributed by atoms with E-state index in [4.69, 9.17) is 16.3 Å². The molecule has 5 nitrogen and oxygen atoms in total. The van der Waals surface area contributed by atoms with Gasteiger partial charge in [-0.3, -0.25) is 4.68 Å². The molecule has 0 aliphatic heterocycles. The summed E-state index contributed by atoms with van der Waals surface area (Å²) >= 11 is 6.26. The van der Waals surface area contributed by atoms with Crippen molar-refractivity contribution in [3.8, 4) is 0 Å². The van der Waals surface area contributed by atoms with E-state index in [2.05, 4.69) is 21.6 Å². The monoisotopic (exact) mass is 298 g/mol. The highest BCUT2D eigenvalue weighted by Gasteiger charge is 2.19. The topological polar surface area (TPSA) is 44.9 Å². The van der Waals surface area contributed by atoms with Gasteiger partial charge >= 0.3 is 0 Å². The lowest BCUT2D eigenvalue weighted by atomic mass is 10.4. The van der Waals surface area contributed by atoms with Gasteiger partial charge in [0.25, 0.3) is 0 Å². The van der Waals surface area contributed by atoms with Crippen molar-refractivity contribution in [2.75, 3.05) is 13.2 Å². The molecule has 0 saturated carbocycles. The van der Waals surface area contributed by atoms with Crippen LogP contribution >= 0.6 is 11.6 Å². The molecule has 0 bridgehead atoms. The van der Waals surface area contributed by atoms with E-state index in [-0.39, 0.29) is 5.38 Å². The Morgan fingerprint density at radius 3 is 2.75 bits per heavy atom. The summed E-state index contributed by atoms with van der Waals surface area (Å²) < 4.78 is 9.59. The van der Waals surface area contributed by atoms with Gasteiger partial charge in [0.2, 0.25) is 0 Å². The number of hydrogen-bond acceptors (Lipinski definition) is 3. The molecule has 20 heavy (non-hydrogen) atoms. The second kappa shape index (κ2) is 6.59. The highest BCUT2D eigenvalue weighted by molar-refractivity contribution is 6.20. The van der Waals surface area contributed by atoms with Gasteiger partial charge in [0.15, 0.2) is 5.65 Å². The summed E-state index contributed by atoms with van der Waals surface area (Å²) in [6, 6.07) is 0. The molecule has 6 heteroatoms. The molecule has 0 spiro atoms. The van der Waals surface area contributed by atoms with Gasteiger partial charge in [-0.25, -0.2) is 4.98 Å². The largest absolute Gasteiger partial charge is 0.381 e. The lowest BCUT2D eigenvalue weighted by Gasteiger charge is -2.11. The lowest BCUT2D eigenvalue weighted by Crippen LogP contribution is -2.10. The first-order valence-corrected chi connectivity index (χ1v) is 7.61. The molecule has 2 aromatic rings. The Balaban J connectivity index is 2.22. The highest BCUT2D eigenvalue weighted by atomic mass is 35.5. The van der Waals surface area contributed by atoms with Crippen LogP contribution in [-0.4, -0.2) is 32.5 Å². The fourth-order valence-electron chi connectivity index (χ4n) is 2.45. The van der Waals surface area contributed by atoms with E-state index in [1.807, 2.05) is 25.6 Å². The number of halogens is 1. The van der Waals surface area contributed by atoms with E-state index in [0.29, 0.717) is 0 Å². The molecule has 0 fully saturated rings. The molecule has 0 saturated heterocycles. The van der Waals surface area contributed by atoms with Crippen LogP contribution in [-0.2, 0) is 18.3 Å². The molecule has 1 atom stereocenters. The highest BCUT2D eigenvalue weighted by Crippen LogP contribution is 2.26. The minimum atomic E-state index is -0.113. The number of alkyl halides is 1. The van der Waals surface area contributed by atoms with Crippen molar-refractivity contribution in [3.63, 3.8) is 0 Å². The Hall–Kier alpha value is -1.07. The van der Waals surface area contributed by atoms with Crippen LogP contribution in [0.4, 0.5) is 0 Å². The molecule has 2 rings (SSSR count). The van der Waals surface area contributed by atoms with E-state index < -0.39 is 0 Å². The predicted octanol–water partition coefficient (Wildman–Crippen LogP) is 3.19. The quantitative estimate of drug-likeness (QED) is 0.582. The van der Waals surface area contributed by atoms with Crippen molar-refractivity contribution in [2.45, 2.75) is 45.5 Å². The van der Waals surface area contributed by atoms with E-state index in [1.165, 1.54) is 0 Å². The molecular weight excluding hydrogens is 276 g/mol. The molecule has 0 N–H and O–H groups in total. The zero-order chi connectivity index (χ0) is 14.7. The average Bonchev–Trinajstić information content (AvgIpc) is 2.89. The second-order valence-corrected chi connectivity index (χ2v) is 5.74. The molecule has 0 amide bonds. The number of fused-ring (bicyclic) bond motifs is 1. The molecule has 1 unspecified atom stereocenters. The van der Waals surface area contributed by atoms with E-state index >= 15 is 0 Å². The van der Waals surface area contributed by atoms with Crippen LogP contribution in [0.2, 0.25) is 0 Å². The first-order valence-electron chi connectivity index (χ1n) is 7.17. The number of ether oxygens (including phenoxy) is 1. The third-order valence-corrected chi connectivity index (χ3v) is 3.49. The maximum Gasteiger partial charge on any atom is 0.158 e. The number of imidazole rings is 1. The standard InChI is InChI=1S/C14H23ClN4O/c1-5-8-20-9-6-7-19-13(10(2)15)16-12-11(3)17-18(4)14(12)19/h10H,5-9H2,1-4H3. The van der Waals surface area contributed by atoms with Gasteiger partial charge in [-0.05, 0) is 26.7 Å². The minimum Gasteiger partial charge on any atom is -0.381 e. The van der Waals surface area contributed by atoms with Crippen molar-refractivity contribution < 1.29 is 4.74 Å². The predicted molar refractivity (Wildman–Crippen MR) is 81.2 cm³/mol. The molecule has 0 aromatic carbocycles. The number of aromatic nitrogens is 4. The SMILES string of the molecule is CCCOCCCn1c(C(C)Cl)nc2c(C)nn(C)c21. The third-order valence-electron chi connectivity index (χ3n) is 3.29. The van der Waals surface area contributed by atoms with Gasteiger partial charge in [-0.1, -0.05) is 6.92 Å². The summed E-state index contributed by atoms with van der Waals surface area (Å²) in [4.78, 5) is 4.65.